The van der Waals surface area contributed by atoms with Gasteiger partial charge in [-0.15, -0.1) is 0 Å². The van der Waals surface area contributed by atoms with E-state index in [-0.39, 0.29) is 11.4 Å². The zero-order valence-corrected chi connectivity index (χ0v) is 10.6. The molecule has 0 spiro atoms. The second-order valence-electron chi connectivity index (χ2n) is 3.48. The van der Waals surface area contributed by atoms with E-state index in [0.717, 1.165) is 0 Å². The molecule has 0 aliphatic rings. The molecule has 1 N–H and O–H groups in total. The molecule has 1 aromatic rings. The van der Waals surface area contributed by atoms with Gasteiger partial charge in [-0.2, -0.15) is 0 Å². The van der Waals surface area contributed by atoms with Crippen molar-refractivity contribution >= 4 is 28.4 Å². The van der Waals surface area contributed by atoms with Crippen LogP contribution in [-0.4, -0.2) is 21.0 Å². The molecule has 94 valence electrons. The Labute approximate surface area is 106 Å². The predicted octanol–water partition coefficient (Wildman–Crippen LogP) is 2.84. The van der Waals surface area contributed by atoms with Crippen LogP contribution in [0.15, 0.2) is 23.1 Å². The van der Waals surface area contributed by atoms with E-state index in [1.165, 1.54) is 18.2 Å². The molecule has 0 amide bonds. The average molecular weight is 279 g/mol. The largest absolute Gasteiger partial charge is 0.481 e. The molecule has 17 heavy (non-hydrogen) atoms. The molecule has 0 saturated carbocycles. The van der Waals surface area contributed by atoms with Crippen LogP contribution in [0.4, 0.5) is 4.39 Å². The Morgan fingerprint density at radius 2 is 2.12 bits per heavy atom. The maximum absolute atomic E-state index is 12.9. The summed E-state index contributed by atoms with van der Waals surface area (Å²) >= 11 is 5.57. The Hall–Kier alpha value is -0.940. The first-order valence-electron chi connectivity index (χ1n) is 5.06. The van der Waals surface area contributed by atoms with E-state index in [1.807, 2.05) is 0 Å². The van der Waals surface area contributed by atoms with Gasteiger partial charge in [-0.05, 0) is 31.0 Å². The molecule has 0 aromatic heterocycles. The lowest BCUT2D eigenvalue weighted by Gasteiger charge is -2.03. The second-order valence-corrected chi connectivity index (χ2v) is 5.45. The third kappa shape index (κ3) is 4.83. The fraction of sp³-hybridized carbons (Fsp3) is 0.364. The van der Waals surface area contributed by atoms with Gasteiger partial charge < -0.3 is 5.11 Å². The van der Waals surface area contributed by atoms with Gasteiger partial charge in [0.15, 0.2) is 0 Å². The van der Waals surface area contributed by atoms with Crippen LogP contribution in [0.3, 0.4) is 0 Å². The number of halogens is 2. The van der Waals surface area contributed by atoms with Crippen LogP contribution in [-0.2, 0) is 15.6 Å². The Kier molecular flexibility index (Phi) is 5.58. The summed E-state index contributed by atoms with van der Waals surface area (Å²) in [7, 11) is -1.26. The van der Waals surface area contributed by atoms with E-state index < -0.39 is 22.6 Å². The van der Waals surface area contributed by atoms with Crippen molar-refractivity contribution in [1.29, 1.82) is 0 Å². The monoisotopic (exact) mass is 278 g/mol. The van der Waals surface area contributed by atoms with Gasteiger partial charge in [0.1, 0.15) is 5.82 Å². The molecule has 0 fully saturated rings. The predicted molar refractivity (Wildman–Crippen MR) is 64.2 cm³/mol. The number of aliphatic carboxylic acids is 1. The van der Waals surface area contributed by atoms with Gasteiger partial charge in [-0.3, -0.25) is 9.00 Å². The first-order valence-corrected chi connectivity index (χ1v) is 6.75. The standard InChI is InChI=1S/C11H12ClFO3S/c12-9-7-8(4-5-10(9)13)17(16)6-2-1-3-11(14)15/h4-5,7H,1-3,6H2,(H,14,15). The number of hydrogen-bond acceptors (Lipinski definition) is 2. The van der Waals surface area contributed by atoms with E-state index in [2.05, 4.69) is 0 Å². The SMILES string of the molecule is O=C(O)CCCCS(=O)c1ccc(F)c(Cl)c1. The van der Waals surface area contributed by atoms with E-state index in [0.29, 0.717) is 23.5 Å². The fourth-order valence-corrected chi connectivity index (χ4v) is 2.66. The number of unbranched alkanes of at least 4 members (excludes halogenated alkanes) is 1. The third-order valence-electron chi connectivity index (χ3n) is 2.12. The van der Waals surface area contributed by atoms with Gasteiger partial charge >= 0.3 is 5.97 Å². The van der Waals surface area contributed by atoms with Crippen LogP contribution in [0.25, 0.3) is 0 Å². The van der Waals surface area contributed by atoms with E-state index >= 15 is 0 Å². The number of hydrogen-bond donors (Lipinski definition) is 1. The summed E-state index contributed by atoms with van der Waals surface area (Å²) in [4.78, 5) is 10.7. The number of carbonyl (C=O) groups is 1. The van der Waals surface area contributed by atoms with Gasteiger partial charge in [-0.25, -0.2) is 4.39 Å². The Bertz CT molecular complexity index is 437. The van der Waals surface area contributed by atoms with Crippen LogP contribution in [0.5, 0.6) is 0 Å². The molecule has 0 saturated heterocycles. The normalized spacial score (nSPS) is 12.4. The molecular formula is C11H12ClFO3S. The molecule has 1 aromatic carbocycles. The van der Waals surface area contributed by atoms with Crippen molar-refractivity contribution < 1.29 is 18.5 Å². The summed E-state index contributed by atoms with van der Waals surface area (Å²) < 4.78 is 24.6. The maximum atomic E-state index is 12.9. The minimum atomic E-state index is -1.26. The third-order valence-corrected chi connectivity index (χ3v) is 3.85. The molecule has 0 heterocycles. The number of carboxylic acids is 1. The van der Waals surface area contributed by atoms with Crippen molar-refractivity contribution in [3.63, 3.8) is 0 Å². The molecule has 0 radical (unpaired) electrons. The minimum Gasteiger partial charge on any atom is -0.481 e. The zero-order chi connectivity index (χ0) is 12.8. The molecule has 3 nitrogen and oxygen atoms in total. The second kappa shape index (κ2) is 6.71. The van der Waals surface area contributed by atoms with Crippen LogP contribution in [0, 0.1) is 5.82 Å². The van der Waals surface area contributed by atoms with Crippen molar-refractivity contribution in [2.45, 2.75) is 24.2 Å². The highest BCUT2D eigenvalue weighted by Crippen LogP contribution is 2.19. The topological polar surface area (TPSA) is 54.4 Å². The summed E-state index contributed by atoms with van der Waals surface area (Å²) in [6.07, 6.45) is 1.10. The smallest absolute Gasteiger partial charge is 0.303 e. The van der Waals surface area contributed by atoms with Gasteiger partial charge in [0, 0.05) is 17.1 Å². The highest BCUT2D eigenvalue weighted by Gasteiger charge is 2.07. The Morgan fingerprint density at radius 1 is 1.41 bits per heavy atom. The number of carboxylic acid groups (broad SMARTS) is 1. The first-order chi connectivity index (χ1) is 8.00. The van der Waals surface area contributed by atoms with Crippen molar-refractivity contribution in [1.82, 2.24) is 0 Å². The van der Waals surface area contributed by atoms with Crippen molar-refractivity contribution in [2.24, 2.45) is 0 Å². The summed E-state index contributed by atoms with van der Waals surface area (Å²) in [6.45, 7) is 0. The molecule has 0 aliphatic carbocycles. The summed E-state index contributed by atoms with van der Waals surface area (Å²) in [6, 6.07) is 3.94. The molecule has 0 bridgehead atoms. The van der Waals surface area contributed by atoms with Gasteiger partial charge in [0.25, 0.3) is 0 Å². The summed E-state index contributed by atoms with van der Waals surface area (Å²) in [5.41, 5.74) is 0. The van der Waals surface area contributed by atoms with Gasteiger partial charge in [0.05, 0.1) is 15.8 Å². The zero-order valence-electron chi connectivity index (χ0n) is 8.99. The molecule has 6 heteroatoms. The van der Waals surface area contributed by atoms with Gasteiger partial charge in [-0.1, -0.05) is 11.6 Å². The van der Waals surface area contributed by atoms with Crippen molar-refractivity contribution in [3.05, 3.63) is 29.0 Å². The fourth-order valence-electron chi connectivity index (χ4n) is 1.25. The lowest BCUT2D eigenvalue weighted by molar-refractivity contribution is -0.137. The first kappa shape index (κ1) is 14.1. The number of rotatable bonds is 6. The van der Waals surface area contributed by atoms with E-state index in [1.54, 1.807) is 0 Å². The number of benzene rings is 1. The molecule has 1 atom stereocenters. The van der Waals surface area contributed by atoms with Crippen LogP contribution in [0.1, 0.15) is 19.3 Å². The van der Waals surface area contributed by atoms with Gasteiger partial charge in [0.2, 0.25) is 0 Å². The minimum absolute atomic E-state index is 0.0543. The quantitative estimate of drug-likeness (QED) is 0.814. The van der Waals surface area contributed by atoms with E-state index in [4.69, 9.17) is 16.7 Å². The summed E-state index contributed by atoms with van der Waals surface area (Å²) in [5, 5.41) is 8.37. The van der Waals surface area contributed by atoms with E-state index in [9.17, 15) is 13.4 Å². The lowest BCUT2D eigenvalue weighted by atomic mass is 10.2. The van der Waals surface area contributed by atoms with Crippen molar-refractivity contribution in [3.8, 4) is 0 Å². The average Bonchev–Trinajstić information content (AvgIpc) is 2.27. The molecule has 0 aliphatic heterocycles. The van der Waals surface area contributed by atoms with Crippen LogP contribution in [0.2, 0.25) is 5.02 Å². The molecule has 1 rings (SSSR count). The molecule has 1 unspecified atom stereocenters. The lowest BCUT2D eigenvalue weighted by Crippen LogP contribution is -2.01. The summed E-state index contributed by atoms with van der Waals surface area (Å²) in [5.74, 6) is -1.05. The van der Waals surface area contributed by atoms with Crippen LogP contribution < -0.4 is 0 Å². The highest BCUT2D eigenvalue weighted by molar-refractivity contribution is 7.85. The van der Waals surface area contributed by atoms with Crippen LogP contribution >= 0.6 is 11.6 Å². The van der Waals surface area contributed by atoms with Crippen molar-refractivity contribution in [2.75, 3.05) is 5.75 Å². The molecular weight excluding hydrogens is 267 g/mol. The Balaban J connectivity index is 2.47. The Morgan fingerprint density at radius 3 is 2.71 bits per heavy atom. The highest BCUT2D eigenvalue weighted by atomic mass is 35.5. The maximum Gasteiger partial charge on any atom is 0.303 e.